The Kier molecular flexibility index (Phi) is 6.61. The topological polar surface area (TPSA) is 124 Å². The maximum Gasteiger partial charge on any atom is 0.255 e. The van der Waals surface area contributed by atoms with Crippen LogP contribution in [0.3, 0.4) is 0 Å². The van der Waals surface area contributed by atoms with Crippen molar-refractivity contribution < 1.29 is 24.6 Å². The van der Waals surface area contributed by atoms with Crippen LogP contribution >= 0.6 is 0 Å². The molecule has 3 aliphatic rings. The lowest BCUT2D eigenvalue weighted by Crippen LogP contribution is -2.53. The number of anilines is 1. The van der Waals surface area contributed by atoms with Gasteiger partial charge in [-0.1, -0.05) is 13.5 Å². The van der Waals surface area contributed by atoms with Crippen LogP contribution < -0.4 is 10.6 Å². The number of benzene rings is 1. The Bertz CT molecular complexity index is 1300. The van der Waals surface area contributed by atoms with Crippen LogP contribution in [-0.4, -0.2) is 65.9 Å². The second kappa shape index (κ2) is 9.17. The van der Waals surface area contributed by atoms with Gasteiger partial charge in [0.15, 0.2) is 11.6 Å². The average Bonchev–Trinajstić information content (AvgIpc) is 2.80. The highest BCUT2D eigenvalue weighted by Gasteiger charge is 2.56. The van der Waals surface area contributed by atoms with E-state index in [2.05, 4.69) is 24.5 Å². The van der Waals surface area contributed by atoms with Gasteiger partial charge in [0.2, 0.25) is 0 Å². The number of Topliss-reactive ketones (excluding diaryl/α,β-unsaturated/α-hetero) is 2. The van der Waals surface area contributed by atoms with Gasteiger partial charge < -0.3 is 25.7 Å². The molecule has 0 saturated carbocycles. The van der Waals surface area contributed by atoms with Crippen LogP contribution in [0.5, 0.6) is 0 Å². The summed E-state index contributed by atoms with van der Waals surface area (Å²) in [7, 11) is 5.88. The Morgan fingerprint density at radius 2 is 1.86 bits per heavy atom. The number of primary amides is 1. The highest BCUT2D eigenvalue weighted by Crippen LogP contribution is 2.53. The number of carbonyl (C=O) groups excluding carboxylic acids is 3. The van der Waals surface area contributed by atoms with Gasteiger partial charge in [0.1, 0.15) is 16.9 Å². The van der Waals surface area contributed by atoms with E-state index in [9.17, 15) is 24.6 Å². The quantitative estimate of drug-likeness (QED) is 0.506. The molecule has 0 heterocycles. The lowest BCUT2D eigenvalue weighted by atomic mass is 9.58. The molecular weight excluding hydrogens is 470 g/mol. The van der Waals surface area contributed by atoms with E-state index >= 15 is 0 Å². The van der Waals surface area contributed by atoms with Gasteiger partial charge >= 0.3 is 0 Å². The predicted octanol–water partition coefficient (Wildman–Crippen LogP) is 3.07. The predicted molar refractivity (Wildman–Crippen MR) is 143 cm³/mol. The monoisotopic (exact) mass is 507 g/mol. The Labute approximate surface area is 218 Å². The van der Waals surface area contributed by atoms with Crippen LogP contribution in [0.2, 0.25) is 0 Å². The minimum Gasteiger partial charge on any atom is -0.508 e. The summed E-state index contributed by atoms with van der Waals surface area (Å²) < 4.78 is 0. The van der Waals surface area contributed by atoms with Crippen LogP contribution in [0.15, 0.2) is 35.1 Å². The molecule has 0 unspecified atom stereocenters. The first-order valence-corrected chi connectivity index (χ1v) is 12.8. The number of aliphatic hydroxyl groups excluding tert-OH is 1. The van der Waals surface area contributed by atoms with Crippen molar-refractivity contribution in [1.82, 2.24) is 4.90 Å². The fourth-order valence-corrected chi connectivity index (χ4v) is 6.59. The first-order valence-electron chi connectivity index (χ1n) is 12.8. The van der Waals surface area contributed by atoms with E-state index in [0.29, 0.717) is 24.0 Å². The molecule has 37 heavy (non-hydrogen) atoms. The fourth-order valence-electron chi connectivity index (χ4n) is 6.59. The van der Waals surface area contributed by atoms with Crippen molar-refractivity contribution in [2.24, 2.45) is 17.6 Å². The zero-order valence-electron chi connectivity index (χ0n) is 22.6. The molecule has 0 spiro atoms. The molecular formula is C29H37N3O5. The van der Waals surface area contributed by atoms with Crippen molar-refractivity contribution >= 4 is 28.9 Å². The number of allylic oxidation sites excluding steroid dienone is 1. The maximum atomic E-state index is 14.2. The number of amides is 1. The molecule has 0 radical (unpaired) electrons. The lowest BCUT2D eigenvalue weighted by Gasteiger charge is -2.48. The van der Waals surface area contributed by atoms with Gasteiger partial charge in [-0.15, -0.1) is 0 Å². The molecule has 1 amide bonds. The number of nitrogens with zero attached hydrogens (tertiary/aromatic N) is 2. The largest absolute Gasteiger partial charge is 0.508 e. The van der Waals surface area contributed by atoms with E-state index in [0.717, 1.165) is 41.0 Å². The summed E-state index contributed by atoms with van der Waals surface area (Å²) in [5.74, 6) is -3.48. The van der Waals surface area contributed by atoms with Crippen LogP contribution in [0.25, 0.3) is 5.70 Å². The van der Waals surface area contributed by atoms with Crippen molar-refractivity contribution in [2.45, 2.75) is 52.1 Å². The SMILES string of the molecule is C=C(c1cc(N(C)C)c2c(c1C)C(=O)C1=C(C)[C@]3(O)C(O)=C(C(N)=O)C(=O)C[C@@H]3C[C@@H]1C2)N(C)CCC. The van der Waals surface area contributed by atoms with E-state index in [1.54, 1.807) is 6.92 Å². The van der Waals surface area contributed by atoms with E-state index in [-0.39, 0.29) is 23.7 Å². The number of rotatable bonds is 6. The zero-order chi connectivity index (χ0) is 27.6. The highest BCUT2D eigenvalue weighted by molar-refractivity contribution is 6.20. The van der Waals surface area contributed by atoms with E-state index in [1.165, 1.54) is 0 Å². The fraction of sp³-hybridized carbons (Fsp3) is 0.483. The molecule has 0 saturated heterocycles. The van der Waals surface area contributed by atoms with Crippen molar-refractivity contribution in [2.75, 3.05) is 32.6 Å². The summed E-state index contributed by atoms with van der Waals surface area (Å²) in [6.07, 6.45) is 1.73. The molecule has 3 atom stereocenters. The van der Waals surface area contributed by atoms with Crippen molar-refractivity contribution in [3.05, 3.63) is 57.4 Å². The first kappa shape index (κ1) is 26.7. The van der Waals surface area contributed by atoms with Crippen LogP contribution in [0.4, 0.5) is 5.69 Å². The number of fused-ring (bicyclic) bond motifs is 3. The molecule has 1 aromatic rings. The van der Waals surface area contributed by atoms with Crippen molar-refractivity contribution in [1.29, 1.82) is 0 Å². The normalized spacial score (nSPS) is 24.9. The van der Waals surface area contributed by atoms with Gasteiger partial charge in [0, 0.05) is 68.1 Å². The van der Waals surface area contributed by atoms with Gasteiger partial charge in [-0.25, -0.2) is 0 Å². The Hall–Kier alpha value is -3.39. The van der Waals surface area contributed by atoms with Gasteiger partial charge in [-0.2, -0.15) is 0 Å². The second-order valence-electron chi connectivity index (χ2n) is 10.9. The van der Waals surface area contributed by atoms with E-state index < -0.39 is 34.5 Å². The second-order valence-corrected chi connectivity index (χ2v) is 10.9. The Balaban J connectivity index is 1.95. The number of hydrogen-bond donors (Lipinski definition) is 3. The third-order valence-corrected chi connectivity index (χ3v) is 8.50. The number of hydrogen-bond acceptors (Lipinski definition) is 7. The van der Waals surface area contributed by atoms with Gasteiger partial charge in [-0.05, 0) is 61.8 Å². The van der Waals surface area contributed by atoms with E-state index in [1.807, 2.05) is 33.0 Å². The summed E-state index contributed by atoms with van der Waals surface area (Å²) in [6, 6.07) is 2.09. The molecule has 4 rings (SSSR count). The summed E-state index contributed by atoms with van der Waals surface area (Å²) in [5, 5.41) is 22.7. The van der Waals surface area contributed by atoms with Crippen molar-refractivity contribution in [3.8, 4) is 0 Å². The van der Waals surface area contributed by atoms with Gasteiger partial charge in [-0.3, -0.25) is 14.4 Å². The molecule has 0 fully saturated rings. The number of nitrogens with two attached hydrogens (primary N) is 1. The summed E-state index contributed by atoms with van der Waals surface area (Å²) in [5.41, 5.74) is 8.52. The minimum atomic E-state index is -1.99. The zero-order valence-corrected chi connectivity index (χ0v) is 22.6. The van der Waals surface area contributed by atoms with Crippen LogP contribution in [0, 0.1) is 18.8 Å². The number of ketones is 2. The molecule has 0 bridgehead atoms. The highest BCUT2D eigenvalue weighted by atomic mass is 16.3. The maximum absolute atomic E-state index is 14.2. The molecule has 8 heteroatoms. The average molecular weight is 508 g/mol. The Morgan fingerprint density at radius 1 is 1.22 bits per heavy atom. The lowest BCUT2D eigenvalue weighted by molar-refractivity contribution is -0.126. The summed E-state index contributed by atoms with van der Waals surface area (Å²) in [4.78, 5) is 42.9. The van der Waals surface area contributed by atoms with Gasteiger partial charge in [0.05, 0.1) is 0 Å². The third-order valence-electron chi connectivity index (χ3n) is 8.50. The summed E-state index contributed by atoms with van der Waals surface area (Å²) >= 11 is 0. The van der Waals surface area contributed by atoms with Gasteiger partial charge in [0.25, 0.3) is 5.91 Å². The van der Waals surface area contributed by atoms with Crippen LogP contribution in [-0.2, 0) is 16.0 Å². The van der Waals surface area contributed by atoms with Crippen molar-refractivity contribution in [3.63, 3.8) is 0 Å². The molecule has 3 aliphatic carbocycles. The first-order chi connectivity index (χ1) is 17.3. The molecule has 0 aromatic heterocycles. The van der Waals surface area contributed by atoms with Crippen LogP contribution in [0.1, 0.15) is 60.2 Å². The van der Waals surface area contributed by atoms with E-state index in [4.69, 9.17) is 5.73 Å². The molecule has 4 N–H and O–H groups in total. The molecule has 1 aromatic carbocycles. The minimum absolute atomic E-state index is 0.122. The standard InChI is InChI=1S/C29H37N3O5/c1-8-9-32(7)16(4)19-13-21(31(5)6)20-11-17-10-18-12-22(33)25(28(30)36)27(35)29(18,37)15(3)24(17)26(34)23(20)14(19)2/h13,17-18,35,37H,4,8-12H2,1-3,5-7H3,(H2,30,36)/t17-,18+,29-/m1/s1. The Morgan fingerprint density at radius 3 is 2.43 bits per heavy atom. The molecule has 8 nitrogen and oxygen atoms in total. The smallest absolute Gasteiger partial charge is 0.255 e. The number of aliphatic hydroxyl groups is 2. The number of carbonyl (C=O) groups is 3. The molecule has 198 valence electrons. The molecule has 0 aliphatic heterocycles. The summed E-state index contributed by atoms with van der Waals surface area (Å²) in [6.45, 7) is 10.8. The third kappa shape index (κ3) is 3.81.